The van der Waals surface area contributed by atoms with Crippen LogP contribution in [0, 0.1) is 6.92 Å². The first-order chi connectivity index (χ1) is 8.97. The molecule has 2 N–H and O–H groups in total. The van der Waals surface area contributed by atoms with Crippen LogP contribution >= 0.6 is 0 Å². The van der Waals surface area contributed by atoms with Gasteiger partial charge in [-0.1, -0.05) is 0 Å². The molecule has 1 amide bonds. The number of nitrogens with zero attached hydrogens (tertiary/aromatic N) is 2. The van der Waals surface area contributed by atoms with E-state index in [1.807, 2.05) is 0 Å². The van der Waals surface area contributed by atoms with Crippen molar-refractivity contribution in [2.45, 2.75) is 25.8 Å². The van der Waals surface area contributed by atoms with Gasteiger partial charge in [0, 0.05) is 26.5 Å². The van der Waals surface area contributed by atoms with Crippen LogP contribution in [0.2, 0.25) is 0 Å². The van der Waals surface area contributed by atoms with Crippen molar-refractivity contribution in [3.8, 4) is 0 Å². The van der Waals surface area contributed by atoms with Crippen LogP contribution in [0.25, 0.3) is 0 Å². The van der Waals surface area contributed by atoms with Gasteiger partial charge in [0.05, 0.1) is 11.8 Å². The zero-order valence-corrected chi connectivity index (χ0v) is 11.3. The predicted molar refractivity (Wildman–Crippen MR) is 67.9 cm³/mol. The van der Waals surface area contributed by atoms with E-state index in [1.165, 1.54) is 6.20 Å². The summed E-state index contributed by atoms with van der Waals surface area (Å²) in [5.41, 5.74) is 1.08. The standard InChI is InChI=1S/C12H19N3O4/c1-8-9(7-13-15(8)2)11(16)14-10(12(17)18)5-4-6-19-3/h7,10H,4-6H2,1-3H3,(H,14,16)(H,17,18). The first-order valence-corrected chi connectivity index (χ1v) is 5.98. The quantitative estimate of drug-likeness (QED) is 0.696. The Balaban J connectivity index is 2.66. The molecule has 0 aliphatic heterocycles. The van der Waals surface area contributed by atoms with Gasteiger partial charge in [0.2, 0.25) is 0 Å². The summed E-state index contributed by atoms with van der Waals surface area (Å²) in [6.45, 7) is 2.22. The number of methoxy groups -OCH3 is 1. The second-order valence-electron chi connectivity index (χ2n) is 4.27. The number of amides is 1. The smallest absolute Gasteiger partial charge is 0.326 e. The zero-order chi connectivity index (χ0) is 14.4. The molecule has 1 aromatic heterocycles. The normalized spacial score (nSPS) is 12.2. The van der Waals surface area contributed by atoms with Gasteiger partial charge in [-0.2, -0.15) is 5.10 Å². The molecule has 1 aromatic rings. The van der Waals surface area contributed by atoms with Crippen LogP contribution in [0.1, 0.15) is 28.9 Å². The number of aliphatic carboxylic acids is 1. The first-order valence-electron chi connectivity index (χ1n) is 5.98. The van der Waals surface area contributed by atoms with Crippen molar-refractivity contribution in [2.75, 3.05) is 13.7 Å². The number of ether oxygens (including phenoxy) is 1. The minimum Gasteiger partial charge on any atom is -0.480 e. The number of rotatable bonds is 7. The molecule has 1 heterocycles. The van der Waals surface area contributed by atoms with E-state index < -0.39 is 17.9 Å². The van der Waals surface area contributed by atoms with Gasteiger partial charge in [-0.25, -0.2) is 4.79 Å². The molecule has 106 valence electrons. The fraction of sp³-hybridized carbons (Fsp3) is 0.583. The van der Waals surface area contributed by atoms with Gasteiger partial charge in [-0.05, 0) is 19.8 Å². The number of aromatic nitrogens is 2. The molecule has 0 spiro atoms. The van der Waals surface area contributed by atoms with Gasteiger partial charge < -0.3 is 15.2 Å². The Hall–Kier alpha value is -1.89. The van der Waals surface area contributed by atoms with E-state index in [0.717, 1.165) is 0 Å². The number of carbonyl (C=O) groups is 2. The Bertz CT molecular complexity index is 456. The van der Waals surface area contributed by atoms with E-state index in [2.05, 4.69) is 10.4 Å². The molecule has 0 aromatic carbocycles. The number of carboxylic acids is 1. The Morgan fingerprint density at radius 2 is 2.26 bits per heavy atom. The maximum Gasteiger partial charge on any atom is 0.326 e. The Morgan fingerprint density at radius 1 is 1.58 bits per heavy atom. The third-order valence-electron chi connectivity index (χ3n) is 2.92. The van der Waals surface area contributed by atoms with E-state index in [1.54, 1.807) is 25.8 Å². The largest absolute Gasteiger partial charge is 0.480 e. The predicted octanol–water partition coefficient (Wildman–Crippen LogP) is 0.338. The maximum absolute atomic E-state index is 12.0. The van der Waals surface area contributed by atoms with Crippen molar-refractivity contribution in [3.05, 3.63) is 17.5 Å². The van der Waals surface area contributed by atoms with E-state index in [9.17, 15) is 9.59 Å². The fourth-order valence-corrected chi connectivity index (χ4v) is 1.65. The van der Waals surface area contributed by atoms with Crippen LogP contribution in [-0.2, 0) is 16.6 Å². The van der Waals surface area contributed by atoms with Crippen molar-refractivity contribution in [1.82, 2.24) is 15.1 Å². The van der Waals surface area contributed by atoms with Crippen molar-refractivity contribution < 1.29 is 19.4 Å². The molecular formula is C12H19N3O4. The average Bonchev–Trinajstić information content (AvgIpc) is 2.68. The summed E-state index contributed by atoms with van der Waals surface area (Å²) in [4.78, 5) is 23.0. The topological polar surface area (TPSA) is 93.5 Å². The summed E-state index contributed by atoms with van der Waals surface area (Å²) in [5, 5.41) is 15.5. The van der Waals surface area contributed by atoms with Crippen LogP contribution in [0.5, 0.6) is 0 Å². The van der Waals surface area contributed by atoms with Crippen molar-refractivity contribution in [2.24, 2.45) is 7.05 Å². The minimum absolute atomic E-state index is 0.328. The molecule has 0 aliphatic carbocycles. The molecular weight excluding hydrogens is 250 g/mol. The number of hydrogen-bond acceptors (Lipinski definition) is 4. The lowest BCUT2D eigenvalue weighted by molar-refractivity contribution is -0.139. The minimum atomic E-state index is -1.05. The van der Waals surface area contributed by atoms with Crippen LogP contribution in [0.3, 0.4) is 0 Å². The zero-order valence-electron chi connectivity index (χ0n) is 11.3. The van der Waals surface area contributed by atoms with Crippen molar-refractivity contribution >= 4 is 11.9 Å². The lowest BCUT2D eigenvalue weighted by Gasteiger charge is -2.14. The summed E-state index contributed by atoms with van der Waals surface area (Å²) in [5.74, 6) is -1.47. The highest BCUT2D eigenvalue weighted by Gasteiger charge is 2.22. The number of carbonyl (C=O) groups excluding carboxylic acids is 1. The molecule has 7 heteroatoms. The maximum atomic E-state index is 12.0. The lowest BCUT2D eigenvalue weighted by atomic mass is 10.1. The van der Waals surface area contributed by atoms with Gasteiger partial charge in [0.25, 0.3) is 5.91 Å². The third-order valence-corrected chi connectivity index (χ3v) is 2.92. The Labute approximate surface area is 111 Å². The third kappa shape index (κ3) is 4.06. The Kier molecular flexibility index (Phi) is 5.50. The van der Waals surface area contributed by atoms with Gasteiger partial charge in [-0.3, -0.25) is 9.48 Å². The molecule has 19 heavy (non-hydrogen) atoms. The molecule has 1 rings (SSSR count). The Morgan fingerprint density at radius 3 is 2.74 bits per heavy atom. The van der Waals surface area contributed by atoms with Gasteiger partial charge in [0.15, 0.2) is 0 Å². The molecule has 0 fully saturated rings. The summed E-state index contributed by atoms with van der Waals surface area (Å²) < 4.78 is 6.43. The molecule has 7 nitrogen and oxygen atoms in total. The number of aryl methyl sites for hydroxylation is 1. The van der Waals surface area contributed by atoms with E-state index in [-0.39, 0.29) is 0 Å². The summed E-state index contributed by atoms with van der Waals surface area (Å²) in [6.07, 6.45) is 2.33. The molecule has 0 bridgehead atoms. The average molecular weight is 269 g/mol. The molecule has 1 atom stereocenters. The summed E-state index contributed by atoms with van der Waals surface area (Å²) in [6, 6.07) is -0.915. The van der Waals surface area contributed by atoms with Crippen LogP contribution in [-0.4, -0.2) is 46.5 Å². The van der Waals surface area contributed by atoms with E-state index in [0.29, 0.717) is 30.7 Å². The highest BCUT2D eigenvalue weighted by Crippen LogP contribution is 2.07. The van der Waals surface area contributed by atoms with E-state index >= 15 is 0 Å². The second kappa shape index (κ2) is 6.89. The number of hydrogen-bond donors (Lipinski definition) is 2. The number of carboxylic acid groups (broad SMARTS) is 1. The fourth-order valence-electron chi connectivity index (χ4n) is 1.65. The lowest BCUT2D eigenvalue weighted by Crippen LogP contribution is -2.41. The molecule has 0 aliphatic rings. The van der Waals surface area contributed by atoms with Crippen LogP contribution in [0.4, 0.5) is 0 Å². The van der Waals surface area contributed by atoms with Crippen molar-refractivity contribution in [1.29, 1.82) is 0 Å². The monoisotopic (exact) mass is 269 g/mol. The first kappa shape index (κ1) is 15.2. The van der Waals surface area contributed by atoms with Crippen LogP contribution < -0.4 is 5.32 Å². The highest BCUT2D eigenvalue weighted by atomic mass is 16.5. The number of nitrogens with one attached hydrogen (secondary N) is 1. The van der Waals surface area contributed by atoms with Crippen LogP contribution in [0.15, 0.2) is 6.20 Å². The molecule has 1 unspecified atom stereocenters. The van der Waals surface area contributed by atoms with Gasteiger partial charge in [0.1, 0.15) is 6.04 Å². The molecule has 0 saturated heterocycles. The SMILES string of the molecule is COCCCC(NC(=O)c1cnn(C)c1C)C(=O)O. The summed E-state index contributed by atoms with van der Waals surface area (Å²) in [7, 11) is 3.27. The molecule has 0 saturated carbocycles. The highest BCUT2D eigenvalue weighted by molar-refractivity contribution is 5.97. The summed E-state index contributed by atoms with van der Waals surface area (Å²) >= 11 is 0. The van der Waals surface area contributed by atoms with Gasteiger partial charge in [-0.15, -0.1) is 0 Å². The molecule has 0 radical (unpaired) electrons. The van der Waals surface area contributed by atoms with E-state index in [4.69, 9.17) is 9.84 Å². The van der Waals surface area contributed by atoms with Crippen molar-refractivity contribution in [3.63, 3.8) is 0 Å². The van der Waals surface area contributed by atoms with Gasteiger partial charge >= 0.3 is 5.97 Å². The second-order valence-corrected chi connectivity index (χ2v) is 4.27.